The molecule has 8 rings (SSSR count). The van der Waals surface area contributed by atoms with Crippen molar-refractivity contribution in [1.82, 2.24) is 0 Å². The number of fused-ring (bicyclic) bond motifs is 3. The Morgan fingerprint density at radius 1 is 0.712 bits per heavy atom. The molecule has 0 aliphatic rings. The summed E-state index contributed by atoms with van der Waals surface area (Å²) in [5, 5.41) is 7.39. The third-order valence-corrected chi connectivity index (χ3v) is 8.59. The Bertz CT molecular complexity index is 2520. The molecule has 3 aromatic heterocycles. The number of hydrogen-bond donors (Lipinski definition) is 0. The van der Waals surface area contributed by atoms with Gasteiger partial charge in [0.2, 0.25) is 0 Å². The van der Waals surface area contributed by atoms with Crippen LogP contribution < -0.4 is 33.4 Å². The predicted octanol–water partition coefficient (Wildman–Crippen LogP) is 6.69. The normalized spacial score (nSPS) is 10.8. The molecule has 52 heavy (non-hydrogen) atoms. The number of nitrogens with one attached hydrogen (secondary N) is 2. The first-order chi connectivity index (χ1) is 25.0. The van der Waals surface area contributed by atoms with Crippen LogP contribution in [0.5, 0.6) is 0 Å². The second-order valence-electron chi connectivity index (χ2n) is 11.9. The number of benzene rings is 5. The Kier molecular flexibility index (Phi) is 13.0. The van der Waals surface area contributed by atoms with Crippen LogP contribution in [0, 0.1) is 31.4 Å². The monoisotopic (exact) mass is 664 g/mol. The molecule has 0 aliphatic heterocycles. The Balaban J connectivity index is 0.000000149. The second kappa shape index (κ2) is 18.2. The summed E-state index contributed by atoms with van der Waals surface area (Å²) in [6.45, 7) is 6.13. The first-order valence-electron chi connectivity index (χ1n) is 16.8. The van der Waals surface area contributed by atoms with E-state index in [1.165, 1.54) is 32.3 Å². The molecule has 0 spiro atoms. The molecule has 0 radical (unpaired) electrons. The number of hydrogen-bond acceptors (Lipinski definition) is 0. The minimum absolute atomic E-state index is 0. The summed E-state index contributed by atoms with van der Waals surface area (Å²) < 4.78 is 2.11. The van der Waals surface area contributed by atoms with Crippen LogP contribution in [0.4, 0.5) is 0 Å². The van der Waals surface area contributed by atoms with Crippen LogP contribution in [-0.2, 0) is 7.05 Å². The maximum atomic E-state index is 5.18. The van der Waals surface area contributed by atoms with E-state index < -0.39 is 0 Å². The van der Waals surface area contributed by atoms with Crippen molar-refractivity contribution in [3.63, 3.8) is 0 Å². The summed E-state index contributed by atoms with van der Waals surface area (Å²) in [4.78, 5) is 6.62. The Morgan fingerprint density at radius 2 is 1.27 bits per heavy atom. The Hall–Kier alpha value is -6.16. The van der Waals surface area contributed by atoms with Gasteiger partial charge in [0, 0.05) is 29.0 Å². The number of terminal acetylenes is 1. The van der Waals surface area contributed by atoms with E-state index in [9.17, 15) is 0 Å². The van der Waals surface area contributed by atoms with E-state index >= 15 is 0 Å². The average molecular weight is 665 g/mol. The molecule has 4 heteroatoms. The van der Waals surface area contributed by atoms with Gasteiger partial charge in [0.1, 0.15) is 18.4 Å². The van der Waals surface area contributed by atoms with Gasteiger partial charge < -0.3 is 0 Å². The largest absolute Gasteiger partial charge is 1.00 e. The van der Waals surface area contributed by atoms with Crippen molar-refractivity contribution < 1.29 is 33.4 Å². The van der Waals surface area contributed by atoms with Gasteiger partial charge in [-0.1, -0.05) is 96.4 Å². The minimum atomic E-state index is 0. The van der Waals surface area contributed by atoms with Crippen LogP contribution in [0.1, 0.15) is 18.2 Å². The third-order valence-electron chi connectivity index (χ3n) is 8.59. The number of allylic oxidation sites excluding steroid dienone is 4. The quantitative estimate of drug-likeness (QED) is 0.0661. The zero-order valence-electron chi connectivity index (χ0n) is 29.9. The molecular formula is C48H39LiN3+. The van der Waals surface area contributed by atoms with Gasteiger partial charge >= 0.3 is 18.9 Å². The molecular weight excluding hydrogens is 625 g/mol. The standard InChI is InChI=1S/C17H15N.C16H12N.C15H10N.Li/c1-4-5-6-9-14(2)17-16-11-8-7-10-15(16)12-13-18(17)3;1-12-6-2-4-8-14(12)16-15-9-5-3-7-13(15)10-11-17-16;1-2-7-13(8-3-1)15-14-9-5-4-6-12(14)10-11-16-15;/h1,5-8,10-13H,2-3H3;2-11H,1H2;1-7,9-11H;/q;2*-1;+1/p+2/b6-5-;;;. The first kappa shape index (κ1) is 37.1. The van der Waals surface area contributed by atoms with Gasteiger partial charge in [-0.25, -0.2) is 4.98 Å². The van der Waals surface area contributed by atoms with E-state index in [1.807, 2.05) is 68.8 Å². The minimum Gasteiger partial charge on any atom is -0.254 e. The van der Waals surface area contributed by atoms with Gasteiger partial charge in [-0.15, -0.1) is 60.9 Å². The predicted molar refractivity (Wildman–Crippen MR) is 211 cm³/mol. The molecule has 0 amide bonds. The molecule has 5 aromatic carbocycles. The van der Waals surface area contributed by atoms with Crippen molar-refractivity contribution >= 4 is 37.9 Å². The van der Waals surface area contributed by atoms with E-state index in [2.05, 4.69) is 143 Å². The summed E-state index contributed by atoms with van der Waals surface area (Å²) in [6, 6.07) is 50.8. The Labute approximate surface area is 319 Å². The molecule has 0 saturated carbocycles. The van der Waals surface area contributed by atoms with Crippen LogP contribution >= 0.6 is 0 Å². The Morgan fingerprint density at radius 3 is 1.90 bits per heavy atom. The van der Waals surface area contributed by atoms with Crippen molar-refractivity contribution in [2.24, 2.45) is 7.05 Å². The number of aryl methyl sites for hydroxylation is 1. The van der Waals surface area contributed by atoms with Crippen molar-refractivity contribution in [2.75, 3.05) is 0 Å². The van der Waals surface area contributed by atoms with Crippen molar-refractivity contribution in [3.05, 3.63) is 201 Å². The van der Waals surface area contributed by atoms with Gasteiger partial charge in [0.15, 0.2) is 24.3 Å². The first-order valence-corrected chi connectivity index (χ1v) is 16.8. The van der Waals surface area contributed by atoms with Crippen LogP contribution in [0.2, 0.25) is 0 Å². The van der Waals surface area contributed by atoms with Crippen molar-refractivity contribution in [1.29, 1.82) is 0 Å². The fourth-order valence-corrected chi connectivity index (χ4v) is 6.15. The molecule has 0 unspecified atom stereocenters. The molecule has 0 aliphatic carbocycles. The maximum absolute atomic E-state index is 5.18. The summed E-state index contributed by atoms with van der Waals surface area (Å²) in [7, 11) is 2.04. The number of pyridine rings is 3. The summed E-state index contributed by atoms with van der Waals surface area (Å²) in [5.74, 6) is 2.46. The van der Waals surface area contributed by atoms with Crippen molar-refractivity contribution in [3.8, 4) is 34.9 Å². The number of aromatic amines is 2. The molecule has 2 N–H and O–H groups in total. The molecule has 0 fully saturated rings. The van der Waals surface area contributed by atoms with Crippen LogP contribution in [0.25, 0.3) is 60.4 Å². The zero-order valence-corrected chi connectivity index (χ0v) is 29.9. The van der Waals surface area contributed by atoms with E-state index in [-0.39, 0.29) is 18.9 Å². The SMILES string of the molecule is C#C/C=C\[C-]=C(C)c1c2ccccc2cc[n+]1C.[CH2-]c1ccccc1-c1[nH+]ccc2ccccc12.[Li+].[c-]1ccccc1-c1[nH+]ccc2ccccc12. The number of aromatic nitrogens is 3. The topological polar surface area (TPSA) is 32.2 Å². The second-order valence-corrected chi connectivity index (χ2v) is 11.9. The van der Waals surface area contributed by atoms with Crippen molar-refractivity contribution in [2.45, 2.75) is 6.92 Å². The van der Waals surface area contributed by atoms with Crippen LogP contribution in [0.3, 0.4) is 0 Å². The summed E-state index contributed by atoms with van der Waals surface area (Å²) >= 11 is 0. The van der Waals surface area contributed by atoms with Gasteiger partial charge in [0.25, 0.3) is 0 Å². The number of H-pyrrole nitrogens is 2. The summed E-state index contributed by atoms with van der Waals surface area (Å²) in [5.41, 5.74) is 7.78. The third kappa shape index (κ3) is 8.76. The number of nitrogens with zero attached hydrogens (tertiary/aromatic N) is 1. The van der Waals surface area contributed by atoms with E-state index in [0.29, 0.717) is 0 Å². The molecule has 8 aromatic rings. The average Bonchev–Trinajstić information content (AvgIpc) is 3.18. The molecule has 3 nitrogen and oxygen atoms in total. The molecule has 0 bridgehead atoms. The summed E-state index contributed by atoms with van der Waals surface area (Å²) in [6.07, 6.45) is 17.8. The molecule has 3 heterocycles. The van der Waals surface area contributed by atoms with E-state index in [4.69, 9.17) is 6.42 Å². The molecule has 246 valence electrons. The van der Waals surface area contributed by atoms with Gasteiger partial charge in [-0.3, -0.25) is 9.55 Å². The van der Waals surface area contributed by atoms with Gasteiger partial charge in [-0.2, -0.15) is 30.7 Å². The van der Waals surface area contributed by atoms with Gasteiger partial charge in [0.05, 0.1) is 0 Å². The molecule has 0 atom stereocenters. The fourth-order valence-electron chi connectivity index (χ4n) is 6.15. The fraction of sp³-hybridized carbons (Fsp3) is 0.0417. The van der Waals surface area contributed by atoms with E-state index in [0.717, 1.165) is 39.3 Å². The zero-order chi connectivity index (χ0) is 35.4. The smallest absolute Gasteiger partial charge is 0.254 e. The maximum Gasteiger partial charge on any atom is 1.00 e. The van der Waals surface area contributed by atoms with Crippen LogP contribution in [-0.4, -0.2) is 0 Å². The van der Waals surface area contributed by atoms with Crippen LogP contribution in [0.15, 0.2) is 170 Å². The van der Waals surface area contributed by atoms with E-state index in [1.54, 1.807) is 12.2 Å². The number of rotatable bonds is 4. The van der Waals surface area contributed by atoms with Gasteiger partial charge in [-0.05, 0) is 27.6 Å². The molecule has 0 saturated heterocycles.